The van der Waals surface area contributed by atoms with Crippen LogP contribution >= 0.6 is 0 Å². The van der Waals surface area contributed by atoms with Crippen LogP contribution in [-0.4, -0.2) is 40.5 Å². The highest BCUT2D eigenvalue weighted by molar-refractivity contribution is 5.94. The molecule has 0 unspecified atom stereocenters. The molecule has 0 atom stereocenters. The summed E-state index contributed by atoms with van der Waals surface area (Å²) >= 11 is 0. The summed E-state index contributed by atoms with van der Waals surface area (Å²) < 4.78 is 16.5. The normalized spacial score (nSPS) is 10.5. The standard InChI is InChI=1S/C19H17N3O6/c1-12(23)13-7-8-16(17(9-13)26-2)27-10-18(24)28-11-22-19(25)14-5-3-4-6-15(14)20-21-22/h3-9H,10-11H2,1-2H3. The van der Waals surface area contributed by atoms with Crippen LogP contribution in [0.5, 0.6) is 11.5 Å². The number of hydrogen-bond donors (Lipinski definition) is 0. The maximum absolute atomic E-state index is 12.3. The van der Waals surface area contributed by atoms with Gasteiger partial charge in [-0.1, -0.05) is 17.3 Å². The van der Waals surface area contributed by atoms with Gasteiger partial charge in [-0.05, 0) is 37.3 Å². The summed E-state index contributed by atoms with van der Waals surface area (Å²) in [5.74, 6) is -0.227. The van der Waals surface area contributed by atoms with Gasteiger partial charge >= 0.3 is 5.97 Å². The minimum atomic E-state index is -0.709. The summed E-state index contributed by atoms with van der Waals surface area (Å²) in [6.45, 7) is 0.634. The summed E-state index contributed by atoms with van der Waals surface area (Å²) in [7, 11) is 1.43. The zero-order chi connectivity index (χ0) is 20.1. The van der Waals surface area contributed by atoms with Gasteiger partial charge in [0.25, 0.3) is 5.56 Å². The number of ketones is 1. The fraction of sp³-hybridized carbons (Fsp3) is 0.211. The average Bonchev–Trinajstić information content (AvgIpc) is 2.71. The molecule has 0 radical (unpaired) electrons. The molecule has 0 bridgehead atoms. The second-order valence-corrected chi connectivity index (χ2v) is 5.77. The zero-order valence-corrected chi connectivity index (χ0v) is 15.2. The molecule has 0 aliphatic heterocycles. The minimum Gasteiger partial charge on any atom is -0.493 e. The zero-order valence-electron chi connectivity index (χ0n) is 15.2. The lowest BCUT2D eigenvalue weighted by Crippen LogP contribution is -2.27. The van der Waals surface area contributed by atoms with Crippen LogP contribution in [0.3, 0.4) is 0 Å². The number of aromatic nitrogens is 3. The molecule has 0 aliphatic carbocycles. The number of nitrogens with zero attached hydrogens (tertiary/aromatic N) is 3. The third-order valence-corrected chi connectivity index (χ3v) is 3.89. The molecule has 0 aliphatic rings. The maximum atomic E-state index is 12.3. The fourth-order valence-electron chi connectivity index (χ4n) is 2.43. The van der Waals surface area contributed by atoms with E-state index in [1.54, 1.807) is 30.3 Å². The first-order chi connectivity index (χ1) is 13.5. The Morgan fingerprint density at radius 1 is 1.11 bits per heavy atom. The van der Waals surface area contributed by atoms with Crippen LogP contribution < -0.4 is 15.0 Å². The highest BCUT2D eigenvalue weighted by Crippen LogP contribution is 2.28. The molecular formula is C19H17N3O6. The van der Waals surface area contributed by atoms with Gasteiger partial charge in [0, 0.05) is 5.56 Å². The molecule has 0 fully saturated rings. The van der Waals surface area contributed by atoms with Crippen molar-refractivity contribution in [3.63, 3.8) is 0 Å². The van der Waals surface area contributed by atoms with Crippen LogP contribution in [0.15, 0.2) is 47.3 Å². The van der Waals surface area contributed by atoms with Gasteiger partial charge in [0.1, 0.15) is 5.52 Å². The number of hydrogen-bond acceptors (Lipinski definition) is 8. The van der Waals surface area contributed by atoms with E-state index in [0.29, 0.717) is 22.2 Å². The lowest BCUT2D eigenvalue weighted by atomic mass is 10.1. The lowest BCUT2D eigenvalue weighted by molar-refractivity contribution is -0.150. The number of carbonyl (C=O) groups is 2. The predicted molar refractivity (Wildman–Crippen MR) is 98.4 cm³/mol. The Morgan fingerprint density at radius 2 is 1.89 bits per heavy atom. The Balaban J connectivity index is 1.62. The van der Waals surface area contributed by atoms with E-state index >= 15 is 0 Å². The first-order valence-corrected chi connectivity index (χ1v) is 8.29. The highest BCUT2D eigenvalue weighted by atomic mass is 16.6. The SMILES string of the molecule is COc1cc(C(C)=O)ccc1OCC(=O)OCn1nnc2ccccc2c1=O. The number of carbonyl (C=O) groups excluding carboxylic acids is 2. The third-order valence-electron chi connectivity index (χ3n) is 3.89. The third kappa shape index (κ3) is 4.14. The molecule has 9 heteroatoms. The molecule has 1 heterocycles. The summed E-state index contributed by atoms with van der Waals surface area (Å²) in [4.78, 5) is 35.6. The largest absolute Gasteiger partial charge is 0.493 e. The van der Waals surface area contributed by atoms with Gasteiger partial charge in [-0.15, -0.1) is 5.10 Å². The summed E-state index contributed by atoms with van der Waals surface area (Å²) in [5, 5.41) is 8.01. The van der Waals surface area contributed by atoms with Crippen molar-refractivity contribution >= 4 is 22.7 Å². The molecule has 3 aromatic rings. The lowest BCUT2D eigenvalue weighted by Gasteiger charge is -2.11. The van der Waals surface area contributed by atoms with E-state index in [2.05, 4.69) is 10.3 Å². The average molecular weight is 383 g/mol. The molecule has 3 rings (SSSR count). The molecule has 28 heavy (non-hydrogen) atoms. The van der Waals surface area contributed by atoms with Crippen LogP contribution in [0.1, 0.15) is 17.3 Å². The molecule has 9 nitrogen and oxygen atoms in total. The van der Waals surface area contributed by atoms with Crippen LogP contribution in [0.25, 0.3) is 10.9 Å². The molecule has 1 aromatic heterocycles. The number of methoxy groups -OCH3 is 1. The van der Waals surface area contributed by atoms with Crippen molar-refractivity contribution in [2.45, 2.75) is 13.7 Å². The van der Waals surface area contributed by atoms with Crippen molar-refractivity contribution in [2.24, 2.45) is 0 Å². The number of Topliss-reactive ketones (excluding diaryl/α,β-unsaturated/α-hetero) is 1. The van der Waals surface area contributed by atoms with E-state index in [4.69, 9.17) is 14.2 Å². The van der Waals surface area contributed by atoms with E-state index in [0.717, 1.165) is 4.68 Å². The molecule has 0 saturated carbocycles. The molecule has 144 valence electrons. The number of ether oxygens (including phenoxy) is 3. The predicted octanol–water partition coefficient (Wildman–Crippen LogP) is 1.58. The second kappa shape index (κ2) is 8.30. The van der Waals surface area contributed by atoms with Crippen molar-refractivity contribution in [3.8, 4) is 11.5 Å². The van der Waals surface area contributed by atoms with Gasteiger partial charge in [0.05, 0.1) is 12.5 Å². The summed E-state index contributed by atoms with van der Waals surface area (Å²) in [5.41, 5.74) is 0.501. The Bertz CT molecular complexity index is 1090. The second-order valence-electron chi connectivity index (χ2n) is 5.77. The fourth-order valence-corrected chi connectivity index (χ4v) is 2.43. The first kappa shape index (κ1) is 19.0. The van der Waals surface area contributed by atoms with Gasteiger partial charge in [-0.25, -0.2) is 4.79 Å². The van der Waals surface area contributed by atoms with Crippen molar-refractivity contribution in [3.05, 3.63) is 58.4 Å². The summed E-state index contributed by atoms with van der Waals surface area (Å²) in [6.07, 6.45) is 0. The highest BCUT2D eigenvalue weighted by Gasteiger charge is 2.12. The molecule has 0 saturated heterocycles. The van der Waals surface area contributed by atoms with Crippen molar-refractivity contribution in [2.75, 3.05) is 13.7 Å². The Kier molecular flexibility index (Phi) is 5.64. The number of rotatable bonds is 7. The van der Waals surface area contributed by atoms with Gasteiger partial charge < -0.3 is 14.2 Å². The molecule has 0 spiro atoms. The van der Waals surface area contributed by atoms with Gasteiger partial charge in [0.15, 0.2) is 30.6 Å². The Labute approximate surface area is 159 Å². The van der Waals surface area contributed by atoms with Gasteiger partial charge in [-0.3, -0.25) is 9.59 Å². The molecule has 2 aromatic carbocycles. The number of fused-ring (bicyclic) bond motifs is 1. The Morgan fingerprint density at radius 3 is 2.64 bits per heavy atom. The van der Waals surface area contributed by atoms with Crippen molar-refractivity contribution in [1.29, 1.82) is 0 Å². The van der Waals surface area contributed by atoms with E-state index in [-0.39, 0.29) is 18.3 Å². The van der Waals surface area contributed by atoms with Gasteiger partial charge in [-0.2, -0.15) is 4.68 Å². The van der Waals surface area contributed by atoms with Crippen LogP contribution in [-0.2, 0) is 16.3 Å². The Hall–Kier alpha value is -3.75. The van der Waals surface area contributed by atoms with Crippen LogP contribution in [0, 0.1) is 0 Å². The number of benzene rings is 2. The monoisotopic (exact) mass is 383 g/mol. The molecule has 0 amide bonds. The number of esters is 1. The molecule has 0 N–H and O–H groups in total. The first-order valence-electron chi connectivity index (χ1n) is 8.29. The maximum Gasteiger partial charge on any atom is 0.345 e. The van der Waals surface area contributed by atoms with Crippen molar-refractivity contribution in [1.82, 2.24) is 15.0 Å². The van der Waals surface area contributed by atoms with E-state index in [9.17, 15) is 14.4 Å². The summed E-state index contributed by atoms with van der Waals surface area (Å²) in [6, 6.07) is 11.4. The minimum absolute atomic E-state index is 0.119. The van der Waals surface area contributed by atoms with Crippen molar-refractivity contribution < 1.29 is 23.8 Å². The van der Waals surface area contributed by atoms with E-state index < -0.39 is 18.1 Å². The van der Waals surface area contributed by atoms with E-state index in [1.165, 1.54) is 26.2 Å². The quantitative estimate of drug-likeness (QED) is 0.447. The molecular weight excluding hydrogens is 366 g/mol. The van der Waals surface area contributed by atoms with Gasteiger partial charge in [0.2, 0.25) is 0 Å². The smallest absolute Gasteiger partial charge is 0.345 e. The van der Waals surface area contributed by atoms with Crippen LogP contribution in [0.2, 0.25) is 0 Å². The van der Waals surface area contributed by atoms with E-state index in [1.807, 2.05) is 0 Å². The topological polar surface area (TPSA) is 110 Å². The van der Waals surface area contributed by atoms with Crippen LogP contribution in [0.4, 0.5) is 0 Å².